The van der Waals surface area contributed by atoms with Crippen molar-refractivity contribution in [3.05, 3.63) is 54.6 Å². The van der Waals surface area contributed by atoms with Crippen molar-refractivity contribution in [2.75, 3.05) is 0 Å². The molecule has 170 valence electrons. The Morgan fingerprint density at radius 1 is 0.935 bits per heavy atom. The number of ketones is 1. The van der Waals surface area contributed by atoms with Gasteiger partial charge in [-0.2, -0.15) is 0 Å². The lowest BCUT2D eigenvalue weighted by Gasteiger charge is -2.19. The number of aromatic nitrogens is 2. The van der Waals surface area contributed by atoms with Crippen LogP contribution in [0.25, 0.3) is 0 Å². The van der Waals surface area contributed by atoms with Crippen molar-refractivity contribution in [3.63, 3.8) is 0 Å². The topological polar surface area (TPSA) is 52.2 Å². The molecule has 0 N–H and O–H groups in total. The third-order valence-electron chi connectivity index (χ3n) is 5.79. The molecular weight excluding hydrogens is 388 g/mol. The zero-order valence-corrected chi connectivity index (χ0v) is 19.5. The van der Waals surface area contributed by atoms with Gasteiger partial charge in [0, 0.05) is 12.0 Å². The lowest BCUT2D eigenvalue weighted by Crippen LogP contribution is -2.38. The molecule has 0 saturated carbocycles. The van der Waals surface area contributed by atoms with Crippen molar-refractivity contribution in [2.45, 2.75) is 97.2 Å². The summed E-state index contributed by atoms with van der Waals surface area (Å²) >= 11 is 0. The number of benzene rings is 1. The molecular formula is C26H39N2O3+. The number of carbonyl (C=O) groups is 2. The van der Waals surface area contributed by atoms with Crippen molar-refractivity contribution in [1.29, 1.82) is 0 Å². The van der Waals surface area contributed by atoms with E-state index in [1.165, 1.54) is 44.9 Å². The summed E-state index contributed by atoms with van der Waals surface area (Å²) in [6.07, 6.45) is 17.0. The molecule has 2 aromatic rings. The summed E-state index contributed by atoms with van der Waals surface area (Å²) in [5.74, 6) is -0.124. The molecule has 0 radical (unpaired) electrons. The molecule has 0 spiro atoms. The summed E-state index contributed by atoms with van der Waals surface area (Å²) < 4.78 is 9.04. The van der Waals surface area contributed by atoms with E-state index >= 15 is 0 Å². The zero-order chi connectivity index (χ0) is 22.5. The van der Waals surface area contributed by atoms with Crippen LogP contribution in [-0.2, 0) is 21.8 Å². The third-order valence-corrected chi connectivity index (χ3v) is 5.79. The lowest BCUT2D eigenvalue weighted by atomic mass is 9.93. The van der Waals surface area contributed by atoms with Gasteiger partial charge in [-0.1, -0.05) is 88.6 Å². The first kappa shape index (κ1) is 24.8. The molecule has 31 heavy (non-hydrogen) atoms. The number of Topliss-reactive ketones (excluding diaryl/α,β-unsaturated/α-hetero) is 1. The Kier molecular flexibility index (Phi) is 10.5. The number of ether oxygens (including phenoxy) is 1. The highest BCUT2D eigenvalue weighted by Crippen LogP contribution is 2.20. The fraction of sp³-hybridized carbons (Fsp3) is 0.577. The molecule has 0 aliphatic heterocycles. The molecule has 0 atom stereocenters. The number of carbonyl (C=O) groups excluding carboxylic acids is 2. The van der Waals surface area contributed by atoms with Crippen LogP contribution in [-0.4, -0.2) is 16.3 Å². The number of rotatable bonds is 15. The van der Waals surface area contributed by atoms with Gasteiger partial charge in [0.2, 0.25) is 18.8 Å². The van der Waals surface area contributed by atoms with E-state index in [0.29, 0.717) is 12.0 Å². The second kappa shape index (κ2) is 13.1. The fourth-order valence-corrected chi connectivity index (χ4v) is 3.66. The minimum atomic E-state index is -0.729. The van der Waals surface area contributed by atoms with Gasteiger partial charge >= 0.3 is 5.97 Å². The van der Waals surface area contributed by atoms with E-state index in [1.54, 1.807) is 4.57 Å². The number of hydrogen-bond acceptors (Lipinski definition) is 3. The van der Waals surface area contributed by atoms with Crippen LogP contribution in [0.1, 0.15) is 95.3 Å². The van der Waals surface area contributed by atoms with Crippen LogP contribution in [0, 0.1) is 0 Å². The van der Waals surface area contributed by atoms with Gasteiger partial charge in [0.1, 0.15) is 12.4 Å². The molecule has 0 saturated heterocycles. The Balaban J connectivity index is 1.68. The van der Waals surface area contributed by atoms with Crippen LogP contribution in [0.5, 0.6) is 0 Å². The Morgan fingerprint density at radius 2 is 1.55 bits per heavy atom. The Hall–Kier alpha value is -2.43. The summed E-state index contributed by atoms with van der Waals surface area (Å²) in [6, 6.07) is 9.29. The van der Waals surface area contributed by atoms with E-state index in [9.17, 15) is 9.59 Å². The van der Waals surface area contributed by atoms with Crippen LogP contribution in [0.2, 0.25) is 0 Å². The minimum absolute atomic E-state index is 0.0400. The summed E-state index contributed by atoms with van der Waals surface area (Å²) in [5.41, 5.74) is -0.0483. The van der Waals surface area contributed by atoms with Crippen molar-refractivity contribution < 1.29 is 18.9 Å². The van der Waals surface area contributed by atoms with Crippen molar-refractivity contribution >= 4 is 11.8 Å². The molecule has 1 aromatic heterocycles. The third kappa shape index (κ3) is 8.31. The number of unbranched alkanes of at least 4 members (excludes halogenated alkanes) is 8. The van der Waals surface area contributed by atoms with E-state index in [-0.39, 0.29) is 18.5 Å². The van der Waals surface area contributed by atoms with Gasteiger partial charge in [-0.05, 0) is 20.3 Å². The maximum Gasteiger partial charge on any atom is 0.308 e. The molecule has 0 aliphatic rings. The Bertz CT molecular complexity index is 796. The predicted octanol–water partition coefficient (Wildman–Crippen LogP) is 5.82. The number of nitrogens with zero attached hydrogens (tertiary/aromatic N) is 2. The molecule has 1 heterocycles. The standard InChI is InChI=1S/C26H39N2O3/c1-4-5-6-7-8-9-10-11-15-18-24(29)31-22-27-19-20-28(21-27)26(2,3)25(30)23-16-13-12-14-17-23/h12-14,16-17,19-21H,4-11,15,18,22H2,1-3H3/q+1. The van der Waals surface area contributed by atoms with Gasteiger partial charge < -0.3 is 4.74 Å². The first-order chi connectivity index (χ1) is 14.9. The molecule has 1 aromatic carbocycles. The first-order valence-corrected chi connectivity index (χ1v) is 11.8. The maximum absolute atomic E-state index is 12.9. The van der Waals surface area contributed by atoms with E-state index < -0.39 is 5.54 Å². The monoisotopic (exact) mass is 427 g/mol. The van der Waals surface area contributed by atoms with Gasteiger partial charge in [-0.15, -0.1) is 0 Å². The molecule has 0 aliphatic carbocycles. The van der Waals surface area contributed by atoms with Crippen LogP contribution in [0.4, 0.5) is 0 Å². The molecule has 0 fully saturated rings. The molecule has 0 bridgehead atoms. The first-order valence-electron chi connectivity index (χ1n) is 11.8. The number of hydrogen-bond donors (Lipinski definition) is 0. The summed E-state index contributed by atoms with van der Waals surface area (Å²) in [5, 5.41) is 0. The molecule has 0 amide bonds. The molecule has 0 unspecified atom stereocenters. The van der Waals surface area contributed by atoms with Crippen LogP contribution in [0.15, 0.2) is 49.1 Å². The van der Waals surface area contributed by atoms with E-state index in [2.05, 4.69) is 6.92 Å². The summed E-state index contributed by atoms with van der Waals surface area (Å²) in [7, 11) is 0. The minimum Gasteiger partial charge on any atom is -0.425 e. The van der Waals surface area contributed by atoms with Crippen molar-refractivity contribution in [2.24, 2.45) is 0 Å². The predicted molar refractivity (Wildman–Crippen MR) is 123 cm³/mol. The lowest BCUT2D eigenvalue weighted by molar-refractivity contribution is -0.727. The average molecular weight is 428 g/mol. The summed E-state index contributed by atoms with van der Waals surface area (Å²) in [6.45, 7) is 6.19. The van der Waals surface area contributed by atoms with Crippen LogP contribution >= 0.6 is 0 Å². The molecule has 5 heteroatoms. The second-order valence-corrected chi connectivity index (χ2v) is 8.81. The van der Waals surface area contributed by atoms with E-state index in [1.807, 2.05) is 67.5 Å². The van der Waals surface area contributed by atoms with Gasteiger partial charge in [0.05, 0.1) is 0 Å². The largest absolute Gasteiger partial charge is 0.425 e. The highest BCUT2D eigenvalue weighted by atomic mass is 16.5. The number of esters is 1. The van der Waals surface area contributed by atoms with Crippen LogP contribution in [0.3, 0.4) is 0 Å². The van der Waals surface area contributed by atoms with E-state index in [0.717, 1.165) is 12.8 Å². The number of imidazole rings is 1. The van der Waals surface area contributed by atoms with E-state index in [4.69, 9.17) is 4.74 Å². The zero-order valence-electron chi connectivity index (χ0n) is 19.5. The van der Waals surface area contributed by atoms with Crippen molar-refractivity contribution in [3.8, 4) is 0 Å². The normalized spacial score (nSPS) is 11.5. The van der Waals surface area contributed by atoms with Gasteiger partial charge in [0.25, 0.3) is 0 Å². The highest BCUT2D eigenvalue weighted by molar-refractivity contribution is 6.01. The quantitative estimate of drug-likeness (QED) is 0.156. The fourth-order valence-electron chi connectivity index (χ4n) is 3.66. The molecule has 5 nitrogen and oxygen atoms in total. The second-order valence-electron chi connectivity index (χ2n) is 8.81. The Morgan fingerprint density at radius 3 is 2.19 bits per heavy atom. The van der Waals surface area contributed by atoms with Gasteiger partial charge in [-0.25, -0.2) is 9.13 Å². The van der Waals surface area contributed by atoms with Gasteiger partial charge in [-0.3, -0.25) is 9.59 Å². The highest BCUT2D eigenvalue weighted by Gasteiger charge is 2.35. The summed E-state index contributed by atoms with van der Waals surface area (Å²) in [4.78, 5) is 24.9. The maximum atomic E-state index is 12.9. The van der Waals surface area contributed by atoms with Gasteiger partial charge in [0.15, 0.2) is 5.54 Å². The SMILES string of the molecule is CCCCCCCCCCCC(=O)OC[n+]1ccn(C(C)(C)C(=O)c2ccccc2)c1. The van der Waals surface area contributed by atoms with Crippen molar-refractivity contribution in [1.82, 2.24) is 4.57 Å². The Labute approximate surface area is 187 Å². The smallest absolute Gasteiger partial charge is 0.308 e. The average Bonchev–Trinajstić information content (AvgIpc) is 3.26. The van der Waals surface area contributed by atoms with Crippen LogP contribution < -0.4 is 4.57 Å². The molecule has 2 rings (SSSR count).